The van der Waals surface area contributed by atoms with Crippen LogP contribution in [0.1, 0.15) is 11.1 Å². The lowest BCUT2D eigenvalue weighted by Crippen LogP contribution is -2.33. The highest BCUT2D eigenvalue weighted by molar-refractivity contribution is 6.30. The summed E-state index contributed by atoms with van der Waals surface area (Å²) in [6.07, 6.45) is -3.12. The lowest BCUT2D eigenvalue weighted by atomic mass is 9.93. The fourth-order valence-electron chi connectivity index (χ4n) is 2.15. The Balaban J connectivity index is 2.11. The van der Waals surface area contributed by atoms with Crippen molar-refractivity contribution in [1.82, 2.24) is 0 Å². The van der Waals surface area contributed by atoms with Crippen LogP contribution in [0.2, 0.25) is 5.02 Å². The van der Waals surface area contributed by atoms with Gasteiger partial charge in [0.25, 0.3) is 0 Å². The molecule has 0 N–H and O–H groups in total. The van der Waals surface area contributed by atoms with Crippen LogP contribution in [-0.2, 0) is 0 Å². The molecule has 0 unspecified atom stereocenters. The Kier molecular flexibility index (Phi) is 3.53. The minimum absolute atomic E-state index is 0.00271. The first-order chi connectivity index (χ1) is 10.4. The van der Waals surface area contributed by atoms with E-state index in [-0.39, 0.29) is 5.57 Å². The summed E-state index contributed by atoms with van der Waals surface area (Å²) in [5.41, 5.74) is -1.43. The quantitative estimate of drug-likeness (QED) is 0.657. The smallest absolute Gasteiger partial charge is 0.166 e. The Morgan fingerprint density at radius 2 is 1.55 bits per heavy atom. The van der Waals surface area contributed by atoms with Gasteiger partial charge in [0, 0.05) is 10.6 Å². The van der Waals surface area contributed by atoms with E-state index in [0.717, 1.165) is 0 Å². The van der Waals surface area contributed by atoms with Gasteiger partial charge in [-0.3, -0.25) is 0 Å². The van der Waals surface area contributed by atoms with Crippen LogP contribution in [0.3, 0.4) is 0 Å². The molecule has 2 aromatic rings. The van der Waals surface area contributed by atoms with Crippen molar-refractivity contribution in [1.29, 1.82) is 0 Å². The van der Waals surface area contributed by atoms with Crippen molar-refractivity contribution in [3.8, 4) is 0 Å². The summed E-state index contributed by atoms with van der Waals surface area (Å²) in [5, 5.41) is 7.12. The molecule has 0 spiro atoms. The van der Waals surface area contributed by atoms with Crippen LogP contribution >= 0.6 is 11.6 Å². The van der Waals surface area contributed by atoms with Crippen LogP contribution in [0.25, 0.3) is 11.6 Å². The van der Waals surface area contributed by atoms with E-state index in [1.807, 2.05) is 0 Å². The normalized spacial score (nSPS) is 16.6. The molecule has 0 amide bonds. The molecule has 0 radical (unpaired) electrons. The number of halogens is 4. The molecule has 6 heteroatoms. The maximum absolute atomic E-state index is 13.3. The molecule has 1 aliphatic rings. The average molecular weight is 323 g/mol. The predicted molar refractivity (Wildman–Crippen MR) is 79.4 cm³/mol. The van der Waals surface area contributed by atoms with Crippen LogP contribution < -0.4 is 0 Å². The third kappa shape index (κ3) is 2.64. The van der Waals surface area contributed by atoms with Crippen LogP contribution in [0, 0.1) is 0 Å². The molecule has 2 aromatic carbocycles. The van der Waals surface area contributed by atoms with Crippen molar-refractivity contribution in [3.63, 3.8) is 0 Å². The van der Waals surface area contributed by atoms with Gasteiger partial charge in [0.2, 0.25) is 0 Å². The number of rotatable bonds is 3. The molecule has 0 fully saturated rings. The van der Waals surface area contributed by atoms with E-state index >= 15 is 0 Å². The van der Waals surface area contributed by atoms with Gasteiger partial charge in [-0.1, -0.05) is 54.1 Å². The minimum atomic E-state index is -4.57. The Labute approximate surface area is 129 Å². The molecular weight excluding hydrogens is 313 g/mol. The molecule has 22 heavy (non-hydrogen) atoms. The van der Waals surface area contributed by atoms with E-state index in [1.165, 1.54) is 6.08 Å². The number of hydrogen-bond acceptors (Lipinski definition) is 2. The molecule has 0 bridgehead atoms. The van der Waals surface area contributed by atoms with Gasteiger partial charge in [0.1, 0.15) is 0 Å². The molecule has 0 aromatic heterocycles. The van der Waals surface area contributed by atoms with Gasteiger partial charge in [-0.05, 0) is 29.3 Å². The monoisotopic (exact) mass is 322 g/mol. The van der Waals surface area contributed by atoms with Gasteiger partial charge in [-0.15, -0.1) is 10.2 Å². The Morgan fingerprint density at radius 3 is 2.05 bits per heavy atom. The van der Waals surface area contributed by atoms with Gasteiger partial charge >= 0.3 is 11.8 Å². The van der Waals surface area contributed by atoms with Gasteiger partial charge in [0.05, 0.1) is 0 Å². The van der Waals surface area contributed by atoms with E-state index in [9.17, 15) is 13.2 Å². The fourth-order valence-corrected chi connectivity index (χ4v) is 2.28. The summed E-state index contributed by atoms with van der Waals surface area (Å²) in [6, 6.07) is 14.9. The Bertz CT molecular complexity index is 728. The summed E-state index contributed by atoms with van der Waals surface area (Å²) < 4.78 is 40.0. The molecule has 3 rings (SSSR count). The lowest BCUT2D eigenvalue weighted by Gasteiger charge is -2.18. The highest BCUT2D eigenvalue weighted by Crippen LogP contribution is 2.53. The van der Waals surface area contributed by atoms with Crippen molar-refractivity contribution in [2.45, 2.75) is 11.8 Å². The van der Waals surface area contributed by atoms with Gasteiger partial charge < -0.3 is 0 Å². The van der Waals surface area contributed by atoms with Crippen molar-refractivity contribution in [2.24, 2.45) is 10.2 Å². The SMILES string of the molecule is FC(F)(F)C1(C(=Cc2ccc(Cl)cc2)c2ccccc2)N=N1. The molecule has 1 heterocycles. The molecule has 112 valence electrons. The van der Waals surface area contributed by atoms with Crippen LogP contribution in [-0.4, -0.2) is 11.8 Å². The standard InChI is InChI=1S/C16H10ClF3N2/c17-13-8-6-11(7-9-13)10-14(12-4-2-1-3-5-12)15(21-22-15)16(18,19)20/h1-10H. The summed E-state index contributed by atoms with van der Waals surface area (Å²) in [4.78, 5) is 0. The van der Waals surface area contributed by atoms with Crippen molar-refractivity contribution < 1.29 is 13.2 Å². The molecule has 0 atom stereocenters. The molecule has 0 saturated heterocycles. The zero-order valence-electron chi connectivity index (χ0n) is 11.2. The fraction of sp³-hybridized carbons (Fsp3) is 0.125. The van der Waals surface area contributed by atoms with E-state index in [4.69, 9.17) is 11.6 Å². The first-order valence-electron chi connectivity index (χ1n) is 6.46. The average Bonchev–Trinajstić information content (AvgIpc) is 3.29. The van der Waals surface area contributed by atoms with Crippen molar-refractivity contribution in [3.05, 3.63) is 70.7 Å². The zero-order chi connectivity index (χ0) is 15.8. The molecule has 0 aliphatic carbocycles. The highest BCUT2D eigenvalue weighted by atomic mass is 35.5. The number of hydrogen-bond donors (Lipinski definition) is 0. The zero-order valence-corrected chi connectivity index (χ0v) is 11.9. The predicted octanol–water partition coefficient (Wildman–Crippen LogP) is 5.61. The summed E-state index contributed by atoms with van der Waals surface area (Å²) >= 11 is 5.80. The van der Waals surface area contributed by atoms with E-state index in [2.05, 4.69) is 10.2 Å². The number of nitrogens with zero attached hydrogens (tertiary/aromatic N) is 2. The van der Waals surface area contributed by atoms with E-state index in [1.54, 1.807) is 54.6 Å². The second-order valence-electron chi connectivity index (χ2n) is 4.85. The van der Waals surface area contributed by atoms with Crippen LogP contribution in [0.15, 0.2) is 64.8 Å². The maximum atomic E-state index is 13.3. The van der Waals surface area contributed by atoms with Gasteiger partial charge in [0.15, 0.2) is 0 Å². The van der Waals surface area contributed by atoms with Crippen LogP contribution in [0.5, 0.6) is 0 Å². The van der Waals surface area contributed by atoms with Crippen molar-refractivity contribution in [2.75, 3.05) is 0 Å². The number of alkyl halides is 3. The molecular formula is C16H10ClF3N2. The second-order valence-corrected chi connectivity index (χ2v) is 5.28. The van der Waals surface area contributed by atoms with Gasteiger partial charge in [-0.25, -0.2) is 0 Å². The maximum Gasteiger partial charge on any atom is 0.442 e. The van der Waals surface area contributed by atoms with E-state index in [0.29, 0.717) is 16.1 Å². The summed E-state index contributed by atoms with van der Waals surface area (Å²) in [6.45, 7) is 0. The Morgan fingerprint density at radius 1 is 0.955 bits per heavy atom. The Hall–Kier alpha value is -2.14. The minimum Gasteiger partial charge on any atom is -0.166 e. The van der Waals surface area contributed by atoms with E-state index < -0.39 is 11.8 Å². The lowest BCUT2D eigenvalue weighted by molar-refractivity contribution is -0.148. The van der Waals surface area contributed by atoms with Gasteiger partial charge in [-0.2, -0.15) is 13.2 Å². The second kappa shape index (κ2) is 5.25. The third-order valence-corrected chi connectivity index (χ3v) is 3.59. The summed E-state index contributed by atoms with van der Waals surface area (Å²) in [7, 11) is 0. The first kappa shape index (κ1) is 14.8. The summed E-state index contributed by atoms with van der Waals surface area (Å²) in [5.74, 6) is 0. The van der Waals surface area contributed by atoms with Crippen molar-refractivity contribution >= 4 is 23.3 Å². The topological polar surface area (TPSA) is 24.7 Å². The number of benzene rings is 2. The van der Waals surface area contributed by atoms with Crippen LogP contribution in [0.4, 0.5) is 13.2 Å². The third-order valence-electron chi connectivity index (χ3n) is 3.34. The highest BCUT2D eigenvalue weighted by Gasteiger charge is 2.66. The first-order valence-corrected chi connectivity index (χ1v) is 6.84. The largest absolute Gasteiger partial charge is 0.442 e. The molecule has 2 nitrogen and oxygen atoms in total. The molecule has 0 saturated carbocycles. The molecule has 1 aliphatic heterocycles.